The van der Waals surface area contributed by atoms with Gasteiger partial charge in [0.2, 0.25) is 0 Å². The fraction of sp³-hybridized carbons (Fsp3) is 0.324. The summed E-state index contributed by atoms with van der Waals surface area (Å²) in [4.78, 5) is 33.8. The van der Waals surface area contributed by atoms with Crippen LogP contribution in [0.15, 0.2) is 73.1 Å². The van der Waals surface area contributed by atoms with E-state index in [-0.39, 0.29) is 47.5 Å². The summed E-state index contributed by atoms with van der Waals surface area (Å²) < 4.78 is 38.2. The molecule has 1 amide bonds. The molecular formula is C37H38Cl2FN3O8. The molecule has 0 radical (unpaired) electrons. The van der Waals surface area contributed by atoms with Crippen LogP contribution in [0.5, 0.6) is 17.2 Å². The van der Waals surface area contributed by atoms with Crippen molar-refractivity contribution in [2.75, 3.05) is 38.8 Å². The van der Waals surface area contributed by atoms with E-state index in [0.717, 1.165) is 32.0 Å². The molecule has 3 N–H and O–H groups in total. The van der Waals surface area contributed by atoms with Crippen LogP contribution in [0.4, 0.5) is 14.9 Å². The quantitative estimate of drug-likeness (QED) is 0.163. The Labute approximate surface area is 304 Å². The fourth-order valence-electron chi connectivity index (χ4n) is 6.51. The number of rotatable bonds is 11. The van der Waals surface area contributed by atoms with Crippen molar-refractivity contribution in [2.24, 2.45) is 5.92 Å². The number of fused-ring (bicyclic) bond motifs is 3. The van der Waals surface area contributed by atoms with Gasteiger partial charge in [-0.15, -0.1) is 0 Å². The summed E-state index contributed by atoms with van der Waals surface area (Å²) in [5.41, 5.74) is 1.83. The second-order valence-electron chi connectivity index (χ2n) is 12.3. The predicted molar refractivity (Wildman–Crippen MR) is 186 cm³/mol. The van der Waals surface area contributed by atoms with E-state index >= 15 is 4.39 Å². The van der Waals surface area contributed by atoms with E-state index in [0.29, 0.717) is 44.8 Å². The number of halogens is 3. The molecule has 3 aromatic carbocycles. The number of aromatic amines is 1. The molecule has 2 bridgehead atoms. The minimum atomic E-state index is -0.845. The number of carbonyl (C=O) groups is 2. The van der Waals surface area contributed by atoms with E-state index in [9.17, 15) is 14.7 Å². The third-order valence-corrected chi connectivity index (χ3v) is 9.88. The molecule has 0 saturated carbocycles. The monoisotopic (exact) mass is 741 g/mol. The molecular weight excluding hydrogens is 704 g/mol. The maximum atomic E-state index is 15.2. The number of hydrogen-bond acceptors (Lipinski definition) is 9. The molecule has 0 aliphatic carbocycles. The Bertz CT molecular complexity index is 1850. The third-order valence-electron chi connectivity index (χ3n) is 9.21. The number of anilines is 1. The SMILES string of the molecule is COc1ccc([C@H](Cc2c(Cl)c[nH+]cc2Cl)OC(=O)c2cccc(CN(C(=O)O[C@H]3CN4CCC3CC4)c3ccc(O)cc3F)c2)cc1OC.[OH-]. The summed E-state index contributed by atoms with van der Waals surface area (Å²) in [5, 5.41) is 10.6. The molecule has 1 aromatic heterocycles. The maximum Gasteiger partial charge on any atom is 0.415 e. The molecule has 270 valence electrons. The number of pyridine rings is 1. The van der Waals surface area contributed by atoms with Crippen LogP contribution in [0.3, 0.4) is 0 Å². The normalized spacial score (nSPS) is 18.3. The van der Waals surface area contributed by atoms with Crippen molar-refractivity contribution in [1.82, 2.24) is 4.90 Å². The molecule has 0 spiro atoms. The molecule has 7 rings (SSSR count). The van der Waals surface area contributed by atoms with Gasteiger partial charge in [-0.2, -0.15) is 0 Å². The molecule has 0 unspecified atom stereocenters. The van der Waals surface area contributed by atoms with Crippen LogP contribution in [0, 0.1) is 11.7 Å². The number of phenols is 1. The lowest BCUT2D eigenvalue weighted by molar-refractivity contribution is -0.377. The standard InChI is InChI=1S/C37H36Cl2FN3O7.H2O/c1-47-32-9-6-24(15-34(32)48-2)33(17-27-28(38)18-41-19-29(27)39)49-36(45)25-5-3-4-22(14-25)20-43(31-8-7-26(44)16-30(31)40)37(46)50-35-21-42-12-10-23(35)11-13-42;/h3-9,14-16,18-19,23,33,35,44H,10-13,17,20-21H2,1-2H3;1H2/t33-,35-;/m0./s1. The molecule has 51 heavy (non-hydrogen) atoms. The van der Waals surface area contributed by atoms with Gasteiger partial charge in [0.05, 0.1) is 32.0 Å². The first-order valence-electron chi connectivity index (χ1n) is 16.2. The number of benzene rings is 3. The van der Waals surface area contributed by atoms with Crippen molar-refractivity contribution in [2.45, 2.75) is 38.0 Å². The lowest BCUT2D eigenvalue weighted by Crippen LogP contribution is -2.53. The highest BCUT2D eigenvalue weighted by atomic mass is 35.5. The number of carbonyl (C=O) groups excluding carboxylic acids is 2. The maximum absolute atomic E-state index is 15.2. The number of esters is 1. The number of piperidine rings is 3. The Morgan fingerprint density at radius 1 is 1.00 bits per heavy atom. The van der Waals surface area contributed by atoms with Gasteiger partial charge in [-0.3, -0.25) is 9.80 Å². The zero-order valence-corrected chi connectivity index (χ0v) is 29.5. The van der Waals surface area contributed by atoms with Gasteiger partial charge in [-0.05, 0) is 79.4 Å². The Kier molecular flexibility index (Phi) is 12.2. The van der Waals surface area contributed by atoms with Crippen molar-refractivity contribution >= 4 is 41.0 Å². The van der Waals surface area contributed by atoms with E-state index in [2.05, 4.69) is 9.88 Å². The molecule has 3 aliphatic rings. The van der Waals surface area contributed by atoms with Crippen molar-refractivity contribution < 1.29 is 48.5 Å². The Morgan fingerprint density at radius 3 is 2.37 bits per heavy atom. The number of nitrogens with zero attached hydrogens (tertiary/aromatic N) is 2. The average molecular weight is 743 g/mol. The molecule has 4 aromatic rings. The zero-order chi connectivity index (χ0) is 35.4. The highest BCUT2D eigenvalue weighted by molar-refractivity contribution is 6.35. The summed E-state index contributed by atoms with van der Waals surface area (Å²) in [6.45, 7) is 2.44. The zero-order valence-electron chi connectivity index (χ0n) is 28.0. The molecule has 3 aliphatic heterocycles. The van der Waals surface area contributed by atoms with Gasteiger partial charge in [-0.25, -0.2) is 19.0 Å². The van der Waals surface area contributed by atoms with E-state index in [1.54, 1.807) is 54.9 Å². The fourth-order valence-corrected chi connectivity index (χ4v) is 7.05. The summed E-state index contributed by atoms with van der Waals surface area (Å²) in [6, 6.07) is 15.3. The minimum Gasteiger partial charge on any atom is -0.870 e. The highest BCUT2D eigenvalue weighted by Gasteiger charge is 2.38. The number of amides is 1. The lowest BCUT2D eigenvalue weighted by Gasteiger charge is -2.44. The van der Waals surface area contributed by atoms with E-state index in [1.165, 1.54) is 31.3 Å². The first kappa shape index (κ1) is 37.6. The second-order valence-corrected chi connectivity index (χ2v) is 13.1. The molecule has 3 fully saturated rings. The smallest absolute Gasteiger partial charge is 0.415 e. The molecule has 2 atom stereocenters. The van der Waals surface area contributed by atoms with E-state index in [4.69, 9.17) is 42.1 Å². The van der Waals surface area contributed by atoms with Gasteiger partial charge in [0.15, 0.2) is 29.7 Å². The number of methoxy groups -OCH3 is 2. The van der Waals surface area contributed by atoms with Gasteiger partial charge >= 0.3 is 12.1 Å². The third kappa shape index (κ3) is 8.65. The first-order chi connectivity index (χ1) is 24.1. The number of nitrogens with one attached hydrogen (secondary N) is 1. The Balaban J connectivity index is 0.00000504. The van der Waals surface area contributed by atoms with Crippen LogP contribution in [0.2, 0.25) is 10.0 Å². The molecule has 11 nitrogen and oxygen atoms in total. The number of ether oxygens (including phenoxy) is 4. The largest absolute Gasteiger partial charge is 0.870 e. The summed E-state index contributed by atoms with van der Waals surface area (Å²) >= 11 is 13.0. The Morgan fingerprint density at radius 2 is 1.73 bits per heavy atom. The van der Waals surface area contributed by atoms with E-state index in [1.807, 2.05) is 0 Å². The number of hydrogen-bond donors (Lipinski definition) is 1. The second kappa shape index (κ2) is 16.6. The summed E-state index contributed by atoms with van der Waals surface area (Å²) in [7, 11) is 3.03. The van der Waals surface area contributed by atoms with Crippen LogP contribution in [0.25, 0.3) is 0 Å². The van der Waals surface area contributed by atoms with Crippen molar-refractivity contribution in [3.05, 3.63) is 111 Å². The number of aromatic nitrogens is 1. The van der Waals surface area contributed by atoms with E-state index < -0.39 is 24.0 Å². The van der Waals surface area contributed by atoms with Crippen LogP contribution in [0.1, 0.15) is 46.0 Å². The van der Waals surface area contributed by atoms with Gasteiger partial charge in [0, 0.05) is 24.6 Å². The van der Waals surface area contributed by atoms with Crippen LogP contribution >= 0.6 is 23.2 Å². The average Bonchev–Trinajstić information content (AvgIpc) is 3.12. The van der Waals surface area contributed by atoms with Crippen molar-refractivity contribution in [3.63, 3.8) is 0 Å². The number of phenolic OH excluding ortho intramolecular Hbond substituents is 1. The highest BCUT2D eigenvalue weighted by Crippen LogP contribution is 2.36. The number of H-pyrrole nitrogens is 1. The first-order valence-corrected chi connectivity index (χ1v) is 16.9. The molecule has 4 heterocycles. The molecule has 14 heteroatoms. The predicted octanol–water partition coefficient (Wildman–Crippen LogP) is 6.87. The summed E-state index contributed by atoms with van der Waals surface area (Å²) in [5.74, 6) is -0.536. The van der Waals surface area contributed by atoms with Crippen molar-refractivity contribution in [3.8, 4) is 17.2 Å². The van der Waals surface area contributed by atoms with Gasteiger partial charge in [0.25, 0.3) is 0 Å². The van der Waals surface area contributed by atoms with Crippen LogP contribution in [-0.4, -0.2) is 67.5 Å². The molecule has 3 saturated heterocycles. The van der Waals surface area contributed by atoms with Crippen LogP contribution < -0.4 is 19.4 Å². The van der Waals surface area contributed by atoms with Gasteiger partial charge in [-0.1, -0.05) is 41.4 Å². The van der Waals surface area contributed by atoms with Crippen LogP contribution in [-0.2, 0) is 22.4 Å². The lowest BCUT2D eigenvalue weighted by atomic mass is 9.86. The number of aromatic hydroxyl groups is 1. The topological polar surface area (TPSA) is 142 Å². The minimum absolute atomic E-state index is 0. The van der Waals surface area contributed by atoms with Crippen molar-refractivity contribution in [1.29, 1.82) is 0 Å². The van der Waals surface area contributed by atoms with Gasteiger partial charge in [0.1, 0.15) is 28.0 Å². The Hall–Kier alpha value is -4.62. The summed E-state index contributed by atoms with van der Waals surface area (Å²) in [6.07, 6.45) is 3.31. The van der Waals surface area contributed by atoms with Gasteiger partial charge < -0.3 is 29.5 Å².